The van der Waals surface area contributed by atoms with E-state index >= 15 is 0 Å². The predicted molar refractivity (Wildman–Crippen MR) is 62.0 cm³/mol. The quantitative estimate of drug-likeness (QED) is 0.860. The second-order valence-corrected chi connectivity index (χ2v) is 4.75. The van der Waals surface area contributed by atoms with Gasteiger partial charge in [-0.3, -0.25) is 9.69 Å². The molecule has 1 fully saturated rings. The lowest BCUT2D eigenvalue weighted by Gasteiger charge is -2.30. The van der Waals surface area contributed by atoms with Gasteiger partial charge >= 0.3 is 5.97 Å². The lowest BCUT2D eigenvalue weighted by atomic mass is 9.97. The molecule has 3 nitrogen and oxygen atoms in total. The van der Waals surface area contributed by atoms with E-state index in [1.807, 2.05) is 4.90 Å². The van der Waals surface area contributed by atoms with E-state index < -0.39 is 23.4 Å². The highest BCUT2D eigenvalue weighted by Crippen LogP contribution is 2.21. The number of carboxylic acid groups (broad SMARTS) is 1. The van der Waals surface area contributed by atoms with E-state index in [1.54, 1.807) is 0 Å². The van der Waals surface area contributed by atoms with Gasteiger partial charge in [0.15, 0.2) is 11.6 Å². The number of likely N-dealkylation sites (tertiary alicyclic amines) is 1. The molecular weight excluding hydrogens is 259 g/mol. The Balaban J connectivity index is 1.99. The van der Waals surface area contributed by atoms with Crippen LogP contribution in [0.4, 0.5) is 13.2 Å². The van der Waals surface area contributed by atoms with Gasteiger partial charge < -0.3 is 5.11 Å². The van der Waals surface area contributed by atoms with E-state index in [9.17, 15) is 18.0 Å². The SMILES string of the molecule is O=C(O)C1CCN(Cc2cc(F)c(F)cc2F)CC1. The zero-order chi connectivity index (χ0) is 14.0. The van der Waals surface area contributed by atoms with Crippen LogP contribution in [0.3, 0.4) is 0 Å². The summed E-state index contributed by atoms with van der Waals surface area (Å²) in [6.45, 7) is 1.18. The molecule has 0 bridgehead atoms. The van der Waals surface area contributed by atoms with Crippen molar-refractivity contribution in [1.82, 2.24) is 4.90 Å². The van der Waals surface area contributed by atoms with Crippen molar-refractivity contribution in [3.63, 3.8) is 0 Å². The van der Waals surface area contributed by atoms with Crippen LogP contribution in [0, 0.1) is 23.4 Å². The molecule has 0 radical (unpaired) electrons. The normalized spacial score (nSPS) is 17.6. The second-order valence-electron chi connectivity index (χ2n) is 4.75. The van der Waals surface area contributed by atoms with Crippen LogP contribution in [-0.4, -0.2) is 29.1 Å². The van der Waals surface area contributed by atoms with Gasteiger partial charge in [0.2, 0.25) is 0 Å². The monoisotopic (exact) mass is 273 g/mol. The molecule has 1 saturated heterocycles. The molecule has 0 unspecified atom stereocenters. The summed E-state index contributed by atoms with van der Waals surface area (Å²) in [4.78, 5) is 12.6. The number of nitrogens with zero attached hydrogens (tertiary/aromatic N) is 1. The molecule has 6 heteroatoms. The van der Waals surface area contributed by atoms with Gasteiger partial charge in [0.05, 0.1) is 5.92 Å². The van der Waals surface area contributed by atoms with Crippen LogP contribution >= 0.6 is 0 Å². The number of carbonyl (C=O) groups is 1. The summed E-state index contributed by atoms with van der Waals surface area (Å²) in [6.07, 6.45) is 0.973. The van der Waals surface area contributed by atoms with Crippen LogP contribution in [-0.2, 0) is 11.3 Å². The molecule has 0 saturated carbocycles. The molecule has 0 atom stereocenters. The predicted octanol–water partition coefficient (Wildman–Crippen LogP) is 2.40. The fraction of sp³-hybridized carbons (Fsp3) is 0.462. The van der Waals surface area contributed by atoms with Gasteiger partial charge in [-0.05, 0) is 32.0 Å². The van der Waals surface area contributed by atoms with E-state index in [1.165, 1.54) is 0 Å². The van der Waals surface area contributed by atoms with Gasteiger partial charge in [0.1, 0.15) is 5.82 Å². The minimum atomic E-state index is -1.20. The minimum absolute atomic E-state index is 0.0904. The highest BCUT2D eigenvalue weighted by atomic mass is 19.2. The molecule has 1 heterocycles. The molecule has 1 aliphatic heterocycles. The molecule has 0 amide bonds. The van der Waals surface area contributed by atoms with Crippen molar-refractivity contribution in [3.05, 3.63) is 35.1 Å². The minimum Gasteiger partial charge on any atom is -0.481 e. The van der Waals surface area contributed by atoms with Crippen LogP contribution in [0.1, 0.15) is 18.4 Å². The molecule has 2 rings (SSSR count). The lowest BCUT2D eigenvalue weighted by molar-refractivity contribution is -0.143. The Morgan fingerprint density at radius 3 is 2.32 bits per heavy atom. The van der Waals surface area contributed by atoms with Crippen LogP contribution in [0.5, 0.6) is 0 Å². The van der Waals surface area contributed by atoms with Crippen molar-refractivity contribution in [2.45, 2.75) is 19.4 Å². The maximum absolute atomic E-state index is 13.5. The Hall–Kier alpha value is -1.56. The van der Waals surface area contributed by atoms with Crippen LogP contribution < -0.4 is 0 Å². The van der Waals surface area contributed by atoms with E-state index in [2.05, 4.69) is 0 Å². The number of aliphatic carboxylic acids is 1. The molecule has 0 spiro atoms. The fourth-order valence-corrected chi connectivity index (χ4v) is 2.26. The van der Waals surface area contributed by atoms with E-state index in [-0.39, 0.29) is 18.0 Å². The van der Waals surface area contributed by atoms with Crippen LogP contribution in [0.25, 0.3) is 0 Å². The molecule has 0 aromatic heterocycles. The summed E-state index contributed by atoms with van der Waals surface area (Å²) in [5.74, 6) is -4.24. The molecular formula is C13H14F3NO2. The highest BCUT2D eigenvalue weighted by molar-refractivity contribution is 5.70. The largest absolute Gasteiger partial charge is 0.481 e. The molecule has 1 N–H and O–H groups in total. The second kappa shape index (κ2) is 5.61. The van der Waals surface area contributed by atoms with Gasteiger partial charge in [-0.1, -0.05) is 0 Å². The third kappa shape index (κ3) is 3.26. The van der Waals surface area contributed by atoms with Gasteiger partial charge in [0.25, 0.3) is 0 Å². The Morgan fingerprint density at radius 2 is 1.74 bits per heavy atom. The van der Waals surface area contributed by atoms with Gasteiger partial charge in [0, 0.05) is 18.2 Å². The summed E-state index contributed by atoms with van der Waals surface area (Å²) in [6, 6.07) is 1.39. The third-order valence-corrected chi connectivity index (χ3v) is 3.42. The standard InChI is InChI=1S/C13H14F3NO2/c14-10-6-12(16)11(15)5-9(10)7-17-3-1-8(2-4-17)13(18)19/h5-6,8H,1-4,7H2,(H,18,19). The smallest absolute Gasteiger partial charge is 0.306 e. The van der Waals surface area contributed by atoms with E-state index in [0.29, 0.717) is 32.0 Å². The van der Waals surface area contributed by atoms with Crippen LogP contribution in [0.15, 0.2) is 12.1 Å². The summed E-state index contributed by atoms with van der Waals surface area (Å²) in [5, 5.41) is 8.86. The average molecular weight is 273 g/mol. The first-order chi connectivity index (χ1) is 8.97. The highest BCUT2D eigenvalue weighted by Gasteiger charge is 2.25. The first-order valence-corrected chi connectivity index (χ1v) is 6.06. The summed E-state index contributed by atoms with van der Waals surface area (Å²) >= 11 is 0. The molecule has 1 aliphatic rings. The molecule has 19 heavy (non-hydrogen) atoms. The molecule has 104 valence electrons. The zero-order valence-electron chi connectivity index (χ0n) is 10.2. The molecule has 0 aliphatic carbocycles. The third-order valence-electron chi connectivity index (χ3n) is 3.42. The van der Waals surface area contributed by atoms with Gasteiger partial charge in [-0.15, -0.1) is 0 Å². The van der Waals surface area contributed by atoms with Crippen molar-refractivity contribution in [2.24, 2.45) is 5.92 Å². The number of hydrogen-bond donors (Lipinski definition) is 1. The molecule has 1 aromatic rings. The van der Waals surface area contributed by atoms with Crippen molar-refractivity contribution in [2.75, 3.05) is 13.1 Å². The van der Waals surface area contributed by atoms with Crippen molar-refractivity contribution in [3.8, 4) is 0 Å². The van der Waals surface area contributed by atoms with Crippen molar-refractivity contribution < 1.29 is 23.1 Å². The number of carboxylic acids is 1. The zero-order valence-corrected chi connectivity index (χ0v) is 10.2. The number of halogens is 3. The van der Waals surface area contributed by atoms with E-state index in [4.69, 9.17) is 5.11 Å². The number of hydrogen-bond acceptors (Lipinski definition) is 2. The number of rotatable bonds is 3. The maximum atomic E-state index is 13.5. The first kappa shape index (κ1) is 13.9. The Bertz CT molecular complexity index is 485. The van der Waals surface area contributed by atoms with E-state index in [0.717, 1.165) is 6.07 Å². The maximum Gasteiger partial charge on any atom is 0.306 e. The summed E-state index contributed by atoms with van der Waals surface area (Å²) in [5.41, 5.74) is 0.0904. The summed E-state index contributed by atoms with van der Waals surface area (Å²) in [7, 11) is 0. The first-order valence-electron chi connectivity index (χ1n) is 6.06. The lowest BCUT2D eigenvalue weighted by Crippen LogP contribution is -2.36. The van der Waals surface area contributed by atoms with Crippen molar-refractivity contribution in [1.29, 1.82) is 0 Å². The summed E-state index contributed by atoms with van der Waals surface area (Å²) < 4.78 is 39.3. The number of piperidine rings is 1. The Labute approximate surface area is 108 Å². The average Bonchev–Trinajstić information content (AvgIpc) is 2.36. The van der Waals surface area contributed by atoms with Gasteiger partial charge in [-0.2, -0.15) is 0 Å². The fourth-order valence-electron chi connectivity index (χ4n) is 2.26. The molecule has 1 aromatic carbocycles. The Kier molecular flexibility index (Phi) is 4.09. The number of benzene rings is 1. The van der Waals surface area contributed by atoms with Crippen LogP contribution in [0.2, 0.25) is 0 Å². The van der Waals surface area contributed by atoms with Crippen molar-refractivity contribution >= 4 is 5.97 Å². The van der Waals surface area contributed by atoms with Gasteiger partial charge in [-0.25, -0.2) is 13.2 Å². The Morgan fingerprint density at radius 1 is 1.16 bits per heavy atom. The topological polar surface area (TPSA) is 40.5 Å².